The molecule has 0 bridgehead atoms. The lowest BCUT2D eigenvalue weighted by Gasteiger charge is -2.34. The molecule has 0 radical (unpaired) electrons. The second-order valence-electron chi connectivity index (χ2n) is 5.56. The van der Waals surface area contributed by atoms with Crippen LogP contribution in [0.15, 0.2) is 41.8 Å². The summed E-state index contributed by atoms with van der Waals surface area (Å²) in [7, 11) is 0. The largest absolute Gasteiger partial charge is 0.339 e. The minimum Gasteiger partial charge on any atom is -0.339 e. The predicted octanol–water partition coefficient (Wildman–Crippen LogP) is 2.81. The highest BCUT2D eigenvalue weighted by Crippen LogP contribution is 2.13. The molecule has 3 rings (SSSR count). The summed E-state index contributed by atoms with van der Waals surface area (Å²) in [5.74, 6) is -0.248. The topological polar surface area (TPSA) is 52.7 Å². The van der Waals surface area contributed by atoms with Crippen molar-refractivity contribution in [3.05, 3.63) is 52.5 Å². The fourth-order valence-electron chi connectivity index (χ4n) is 2.57. The second kappa shape index (κ2) is 7.44. The van der Waals surface area contributed by atoms with E-state index in [9.17, 15) is 14.0 Å². The van der Waals surface area contributed by atoms with Gasteiger partial charge in [-0.3, -0.25) is 4.79 Å². The Morgan fingerprint density at radius 2 is 1.71 bits per heavy atom. The summed E-state index contributed by atoms with van der Waals surface area (Å²) in [4.78, 5) is 29.0. The van der Waals surface area contributed by atoms with Gasteiger partial charge in [-0.1, -0.05) is 6.07 Å². The van der Waals surface area contributed by atoms with Gasteiger partial charge in [0.2, 0.25) is 5.91 Å². The number of nitrogens with one attached hydrogen (secondary N) is 1. The highest BCUT2D eigenvalue weighted by Gasteiger charge is 2.24. The van der Waals surface area contributed by atoms with Crippen molar-refractivity contribution in [3.8, 4) is 0 Å². The Hall–Kier alpha value is -2.41. The van der Waals surface area contributed by atoms with E-state index in [-0.39, 0.29) is 17.8 Å². The van der Waals surface area contributed by atoms with Crippen LogP contribution in [0.25, 0.3) is 0 Å². The maximum absolute atomic E-state index is 12.9. The number of thiophene rings is 1. The minimum atomic E-state index is -0.342. The number of benzene rings is 1. The maximum atomic E-state index is 12.9. The number of piperazine rings is 1. The number of carbonyl (C=O) groups excluding carboxylic acids is 2. The summed E-state index contributed by atoms with van der Waals surface area (Å²) in [5.41, 5.74) is 0.553. The highest BCUT2D eigenvalue weighted by atomic mass is 32.1. The number of carbonyl (C=O) groups is 2. The SMILES string of the molecule is O=C(Cc1cccs1)N1CCN(C(=O)Nc2ccc(F)cc2)CC1. The van der Waals surface area contributed by atoms with Gasteiger partial charge in [0, 0.05) is 36.7 Å². The Labute approximate surface area is 143 Å². The molecule has 126 valence electrons. The molecule has 5 nitrogen and oxygen atoms in total. The fraction of sp³-hybridized carbons (Fsp3) is 0.294. The molecule has 2 aromatic rings. The van der Waals surface area contributed by atoms with Crippen LogP contribution in [0.4, 0.5) is 14.9 Å². The fourth-order valence-corrected chi connectivity index (χ4v) is 3.26. The standard InChI is InChI=1S/C17H18FN3O2S/c18-13-3-5-14(6-4-13)19-17(23)21-9-7-20(8-10-21)16(22)12-15-2-1-11-24-15/h1-6,11H,7-10,12H2,(H,19,23). The smallest absolute Gasteiger partial charge is 0.321 e. The Morgan fingerprint density at radius 3 is 2.33 bits per heavy atom. The summed E-state index contributed by atoms with van der Waals surface area (Å²) >= 11 is 1.57. The molecule has 1 aromatic carbocycles. The molecular formula is C17H18FN3O2S. The summed E-state index contributed by atoms with van der Waals surface area (Å²) < 4.78 is 12.9. The van der Waals surface area contributed by atoms with Crippen LogP contribution < -0.4 is 5.32 Å². The first kappa shape index (κ1) is 16.4. The molecule has 1 N–H and O–H groups in total. The van der Waals surface area contributed by atoms with Gasteiger partial charge in [-0.15, -0.1) is 11.3 Å². The number of anilines is 1. The molecule has 1 fully saturated rings. The van der Waals surface area contributed by atoms with E-state index in [4.69, 9.17) is 0 Å². The summed E-state index contributed by atoms with van der Waals surface area (Å²) in [6, 6.07) is 9.31. The predicted molar refractivity (Wildman–Crippen MR) is 91.6 cm³/mol. The van der Waals surface area contributed by atoms with Crippen molar-refractivity contribution in [2.24, 2.45) is 0 Å². The van der Waals surface area contributed by atoms with E-state index in [0.717, 1.165) is 4.88 Å². The van der Waals surface area contributed by atoms with Crippen molar-refractivity contribution < 1.29 is 14.0 Å². The molecule has 1 aliphatic heterocycles. The molecule has 0 aliphatic carbocycles. The van der Waals surface area contributed by atoms with Crippen LogP contribution >= 0.6 is 11.3 Å². The lowest BCUT2D eigenvalue weighted by Crippen LogP contribution is -2.52. The Morgan fingerprint density at radius 1 is 1.04 bits per heavy atom. The van der Waals surface area contributed by atoms with Crippen molar-refractivity contribution in [2.45, 2.75) is 6.42 Å². The molecule has 1 aromatic heterocycles. The molecule has 7 heteroatoms. The average molecular weight is 347 g/mol. The molecule has 0 saturated carbocycles. The number of hydrogen-bond acceptors (Lipinski definition) is 3. The van der Waals surface area contributed by atoms with Crippen LogP contribution in [-0.4, -0.2) is 47.9 Å². The Balaban J connectivity index is 1.48. The van der Waals surface area contributed by atoms with Gasteiger partial charge in [-0.05, 0) is 35.7 Å². The minimum absolute atomic E-state index is 0.0936. The number of hydrogen-bond donors (Lipinski definition) is 1. The van der Waals surface area contributed by atoms with Gasteiger partial charge in [-0.2, -0.15) is 0 Å². The molecule has 0 atom stereocenters. The van der Waals surface area contributed by atoms with Crippen molar-refractivity contribution in [1.29, 1.82) is 0 Å². The molecule has 24 heavy (non-hydrogen) atoms. The first-order chi connectivity index (χ1) is 11.6. The zero-order valence-corrected chi connectivity index (χ0v) is 13.9. The number of amides is 3. The van der Waals surface area contributed by atoms with Gasteiger partial charge in [-0.25, -0.2) is 9.18 Å². The number of nitrogens with zero attached hydrogens (tertiary/aromatic N) is 2. The molecule has 1 aliphatic rings. The van der Waals surface area contributed by atoms with Crippen molar-refractivity contribution in [1.82, 2.24) is 9.80 Å². The molecular weight excluding hydrogens is 329 g/mol. The van der Waals surface area contributed by atoms with E-state index < -0.39 is 0 Å². The normalized spacial score (nSPS) is 14.5. The number of urea groups is 1. The van der Waals surface area contributed by atoms with Crippen LogP contribution in [0.1, 0.15) is 4.88 Å². The van der Waals surface area contributed by atoms with Crippen LogP contribution in [0.2, 0.25) is 0 Å². The third kappa shape index (κ3) is 4.11. The summed E-state index contributed by atoms with van der Waals surface area (Å²) in [6.07, 6.45) is 0.416. The van der Waals surface area contributed by atoms with E-state index in [0.29, 0.717) is 38.3 Å². The monoisotopic (exact) mass is 347 g/mol. The van der Waals surface area contributed by atoms with Crippen molar-refractivity contribution in [3.63, 3.8) is 0 Å². The van der Waals surface area contributed by atoms with E-state index in [1.807, 2.05) is 17.5 Å². The average Bonchev–Trinajstić information content (AvgIpc) is 3.10. The lowest BCUT2D eigenvalue weighted by atomic mass is 10.2. The molecule has 0 spiro atoms. The molecule has 1 saturated heterocycles. The quantitative estimate of drug-likeness (QED) is 0.928. The van der Waals surface area contributed by atoms with Gasteiger partial charge >= 0.3 is 6.03 Å². The van der Waals surface area contributed by atoms with Gasteiger partial charge in [0.25, 0.3) is 0 Å². The van der Waals surface area contributed by atoms with E-state index >= 15 is 0 Å². The molecule has 3 amide bonds. The third-order valence-electron chi connectivity index (χ3n) is 3.92. The van der Waals surface area contributed by atoms with Crippen molar-refractivity contribution in [2.75, 3.05) is 31.5 Å². The first-order valence-electron chi connectivity index (χ1n) is 7.73. The van der Waals surface area contributed by atoms with Gasteiger partial charge in [0.1, 0.15) is 5.82 Å². The van der Waals surface area contributed by atoms with Gasteiger partial charge in [0.05, 0.1) is 6.42 Å². The first-order valence-corrected chi connectivity index (χ1v) is 8.61. The summed E-state index contributed by atoms with van der Waals surface area (Å²) in [5, 5.41) is 4.70. The molecule has 0 unspecified atom stereocenters. The zero-order chi connectivity index (χ0) is 16.9. The van der Waals surface area contributed by atoms with E-state index in [1.54, 1.807) is 21.1 Å². The maximum Gasteiger partial charge on any atom is 0.321 e. The molecule has 2 heterocycles. The van der Waals surface area contributed by atoms with Crippen LogP contribution in [0, 0.1) is 5.82 Å². The third-order valence-corrected chi connectivity index (χ3v) is 4.80. The van der Waals surface area contributed by atoms with Crippen LogP contribution in [0.3, 0.4) is 0 Å². The summed E-state index contributed by atoms with van der Waals surface area (Å²) in [6.45, 7) is 2.04. The van der Waals surface area contributed by atoms with Gasteiger partial charge < -0.3 is 15.1 Å². The zero-order valence-electron chi connectivity index (χ0n) is 13.1. The van der Waals surface area contributed by atoms with Crippen LogP contribution in [-0.2, 0) is 11.2 Å². The highest BCUT2D eigenvalue weighted by molar-refractivity contribution is 7.10. The van der Waals surface area contributed by atoms with Gasteiger partial charge in [0.15, 0.2) is 0 Å². The Kier molecular flexibility index (Phi) is 5.10. The van der Waals surface area contributed by atoms with E-state index in [2.05, 4.69) is 5.32 Å². The number of rotatable bonds is 3. The lowest BCUT2D eigenvalue weighted by molar-refractivity contribution is -0.131. The number of halogens is 1. The Bertz CT molecular complexity index is 695. The van der Waals surface area contributed by atoms with Crippen molar-refractivity contribution >= 4 is 29.0 Å². The van der Waals surface area contributed by atoms with E-state index in [1.165, 1.54) is 24.3 Å². The second-order valence-corrected chi connectivity index (χ2v) is 6.59. The van der Waals surface area contributed by atoms with Crippen LogP contribution in [0.5, 0.6) is 0 Å².